The van der Waals surface area contributed by atoms with Crippen LogP contribution in [-0.2, 0) is 33.3 Å². The van der Waals surface area contributed by atoms with E-state index in [0.29, 0.717) is 17.4 Å². The normalized spacial score (nSPS) is 13.8. The molecule has 0 radical (unpaired) electrons. The van der Waals surface area contributed by atoms with E-state index in [-0.39, 0.29) is 38.6 Å². The van der Waals surface area contributed by atoms with Crippen molar-refractivity contribution in [3.8, 4) is 0 Å². The molecule has 2 atom stereocenters. The predicted molar refractivity (Wildman–Crippen MR) is 324 cm³/mol. The van der Waals surface area contributed by atoms with Gasteiger partial charge in [-0.1, -0.05) is 217 Å². The van der Waals surface area contributed by atoms with Crippen LogP contribution in [0.2, 0.25) is 0 Å². The number of carbonyl (C=O) groups excluding carboxylic acids is 3. The molecule has 0 aromatic heterocycles. The maximum Gasteiger partial charge on any atom is 0.306 e. The van der Waals surface area contributed by atoms with Gasteiger partial charge < -0.3 is 33.3 Å². The maximum absolute atomic E-state index is 12.9. The summed E-state index contributed by atoms with van der Waals surface area (Å²) in [6, 6.07) is 0. The van der Waals surface area contributed by atoms with Crippen molar-refractivity contribution in [1.82, 2.24) is 0 Å². The highest BCUT2D eigenvalue weighted by Gasteiger charge is 2.22. The summed E-state index contributed by atoms with van der Waals surface area (Å²) in [5.74, 6) is -2.35. The number of carbonyl (C=O) groups is 3. The van der Waals surface area contributed by atoms with Crippen molar-refractivity contribution >= 4 is 17.9 Å². The van der Waals surface area contributed by atoms with Crippen molar-refractivity contribution in [2.24, 2.45) is 0 Å². The molecule has 9 heteroatoms. The molecule has 0 aliphatic heterocycles. The fourth-order valence-electron chi connectivity index (χ4n) is 7.47. The van der Waals surface area contributed by atoms with Gasteiger partial charge in [-0.05, 0) is 122 Å². The number of likely N-dealkylation sites (N-methyl/N-ethyl adjacent to an activating group) is 1. The highest BCUT2D eigenvalue weighted by Crippen LogP contribution is 2.13. The summed E-state index contributed by atoms with van der Waals surface area (Å²) in [5, 5.41) is 11.8. The van der Waals surface area contributed by atoms with E-state index >= 15 is 0 Å². The zero-order chi connectivity index (χ0) is 56.2. The van der Waals surface area contributed by atoms with E-state index in [1.54, 1.807) is 0 Å². The Kier molecular flexibility index (Phi) is 53.8. The number of aliphatic carboxylic acids is 1. The largest absolute Gasteiger partial charge is 0.545 e. The minimum atomic E-state index is -1.64. The van der Waals surface area contributed by atoms with Gasteiger partial charge in [-0.15, -0.1) is 0 Å². The van der Waals surface area contributed by atoms with E-state index in [9.17, 15) is 19.5 Å². The molecule has 0 spiro atoms. The molecule has 2 unspecified atom stereocenters. The lowest BCUT2D eigenvalue weighted by atomic mass is 10.1. The van der Waals surface area contributed by atoms with Crippen LogP contribution in [0.4, 0.5) is 0 Å². The smallest absolute Gasteiger partial charge is 0.306 e. The van der Waals surface area contributed by atoms with Gasteiger partial charge in [0.1, 0.15) is 13.2 Å². The van der Waals surface area contributed by atoms with Gasteiger partial charge in [-0.2, -0.15) is 0 Å². The molecule has 434 valence electrons. The summed E-state index contributed by atoms with van der Waals surface area (Å²) in [5.41, 5.74) is 0. The zero-order valence-electron chi connectivity index (χ0n) is 49.3. The summed E-state index contributed by atoms with van der Waals surface area (Å²) >= 11 is 0. The minimum absolute atomic E-state index is 0.133. The first-order valence-corrected chi connectivity index (χ1v) is 30.0. The van der Waals surface area contributed by atoms with E-state index in [1.807, 2.05) is 21.1 Å². The molecule has 0 saturated heterocycles. The van der Waals surface area contributed by atoms with Crippen LogP contribution >= 0.6 is 0 Å². The number of ether oxygens (including phenoxy) is 4. The van der Waals surface area contributed by atoms with Crippen LogP contribution in [0.15, 0.2) is 146 Å². The quantitative estimate of drug-likeness (QED) is 0.0195. The molecule has 0 rings (SSSR count). The maximum atomic E-state index is 12.9. The minimum Gasteiger partial charge on any atom is -0.545 e. The number of carboxylic acids is 1. The number of unbranched alkanes of at least 4 members (excludes halogenated alkanes) is 14. The number of hydrogen-bond donors (Lipinski definition) is 0. The number of quaternary nitrogens is 1. The SMILES string of the molecule is CC/C=C\C/C=C\C/C=C\C/C=C\C/C=C\C/C=C\C/C=C\C/C=C\C/C=C\C/C=C\CCCCCCC(=O)OC(COC(=O)CCCCCCCCC/C=C\C/C=C\CCCCC)COC(OCC[N+](C)(C)C)C(=O)[O-]. The second kappa shape index (κ2) is 57.3. The molecular formula is C68H109NO8. The highest BCUT2D eigenvalue weighted by molar-refractivity contribution is 5.70. The molecular weight excluding hydrogens is 959 g/mol. The van der Waals surface area contributed by atoms with Crippen molar-refractivity contribution < 1.29 is 42.9 Å². The first kappa shape index (κ1) is 72.2. The van der Waals surface area contributed by atoms with E-state index in [4.69, 9.17) is 18.9 Å². The molecule has 0 saturated carbocycles. The molecule has 9 nitrogen and oxygen atoms in total. The van der Waals surface area contributed by atoms with Crippen molar-refractivity contribution in [3.05, 3.63) is 146 Å². The van der Waals surface area contributed by atoms with Crippen LogP contribution in [0, 0.1) is 0 Å². The van der Waals surface area contributed by atoms with E-state index < -0.39 is 24.3 Å². The Morgan fingerprint density at radius 2 is 0.740 bits per heavy atom. The van der Waals surface area contributed by atoms with Gasteiger partial charge in [-0.25, -0.2) is 0 Å². The Hall–Kier alpha value is -4.83. The molecule has 0 fully saturated rings. The Morgan fingerprint density at radius 1 is 0.403 bits per heavy atom. The molecule has 0 aliphatic rings. The lowest BCUT2D eigenvalue weighted by molar-refractivity contribution is -0.870. The highest BCUT2D eigenvalue weighted by atomic mass is 16.7. The Morgan fingerprint density at radius 3 is 1.10 bits per heavy atom. The fourth-order valence-corrected chi connectivity index (χ4v) is 7.47. The molecule has 0 aromatic carbocycles. The van der Waals surface area contributed by atoms with Crippen LogP contribution in [0.5, 0.6) is 0 Å². The lowest BCUT2D eigenvalue weighted by Crippen LogP contribution is -2.44. The average Bonchev–Trinajstić information content (AvgIpc) is 3.40. The van der Waals surface area contributed by atoms with Crippen LogP contribution in [0.1, 0.15) is 206 Å². The molecule has 0 amide bonds. The Labute approximate surface area is 471 Å². The monoisotopic (exact) mass is 1070 g/mol. The summed E-state index contributed by atoms with van der Waals surface area (Å²) in [7, 11) is 5.90. The number of allylic oxidation sites excluding steroid dienone is 24. The molecule has 0 aromatic rings. The molecule has 0 heterocycles. The van der Waals surface area contributed by atoms with Crippen molar-refractivity contribution in [2.45, 2.75) is 219 Å². The fraction of sp³-hybridized carbons (Fsp3) is 0.603. The second-order valence-corrected chi connectivity index (χ2v) is 20.5. The van der Waals surface area contributed by atoms with Crippen LogP contribution < -0.4 is 5.11 Å². The Bertz CT molecular complexity index is 1770. The first-order chi connectivity index (χ1) is 37.6. The third-order valence-corrected chi connectivity index (χ3v) is 12.1. The summed E-state index contributed by atoms with van der Waals surface area (Å²) in [6.45, 7) is 4.54. The number of esters is 2. The van der Waals surface area contributed by atoms with Crippen molar-refractivity contribution in [3.63, 3.8) is 0 Å². The van der Waals surface area contributed by atoms with Crippen LogP contribution in [-0.4, -0.2) is 82.3 Å². The number of nitrogens with zero attached hydrogens (tertiary/aromatic N) is 1. The molecule has 0 bridgehead atoms. The van der Waals surface area contributed by atoms with Crippen LogP contribution in [0.3, 0.4) is 0 Å². The average molecular weight is 1070 g/mol. The third kappa shape index (κ3) is 58.7. The number of rotatable bonds is 53. The summed E-state index contributed by atoms with van der Waals surface area (Å²) < 4.78 is 22.6. The van der Waals surface area contributed by atoms with E-state index in [0.717, 1.165) is 128 Å². The van der Waals surface area contributed by atoms with Crippen LogP contribution in [0.25, 0.3) is 0 Å². The zero-order valence-corrected chi connectivity index (χ0v) is 49.3. The molecule has 0 N–H and O–H groups in total. The van der Waals surface area contributed by atoms with Crippen molar-refractivity contribution in [1.29, 1.82) is 0 Å². The van der Waals surface area contributed by atoms with Gasteiger partial charge in [0.15, 0.2) is 12.4 Å². The van der Waals surface area contributed by atoms with Gasteiger partial charge >= 0.3 is 11.9 Å². The second-order valence-electron chi connectivity index (χ2n) is 20.5. The van der Waals surface area contributed by atoms with Gasteiger partial charge in [0, 0.05) is 12.8 Å². The third-order valence-electron chi connectivity index (χ3n) is 12.1. The number of hydrogen-bond acceptors (Lipinski definition) is 8. The van der Waals surface area contributed by atoms with E-state index in [2.05, 4.69) is 160 Å². The lowest BCUT2D eigenvalue weighted by Gasteiger charge is -2.26. The molecule has 77 heavy (non-hydrogen) atoms. The molecule has 0 aliphatic carbocycles. The number of carboxylic acid groups (broad SMARTS) is 1. The Balaban J connectivity index is 4.32. The van der Waals surface area contributed by atoms with Gasteiger partial charge in [0.2, 0.25) is 0 Å². The summed E-state index contributed by atoms with van der Waals surface area (Å²) in [6.07, 6.45) is 80.4. The van der Waals surface area contributed by atoms with Gasteiger partial charge in [0.05, 0.1) is 40.3 Å². The summed E-state index contributed by atoms with van der Waals surface area (Å²) in [4.78, 5) is 37.3. The van der Waals surface area contributed by atoms with Crippen molar-refractivity contribution in [2.75, 3.05) is 47.5 Å². The standard InChI is InChI=1S/C68H109NO8/c1-6-8-10-12-14-16-18-20-22-24-25-26-27-28-29-30-31-32-33-34-35-36-37-38-39-40-41-43-45-47-49-51-53-55-57-59-66(71)77-64(63-76-68(67(72)73)74-61-60-69(3,4)5)62-75-65(70)58-56-54-52-50-48-46-44-42-23-21-19-17-15-13-11-9-7-2/h8,10,14-17,20-23,25-26,28-29,31-32,34-35,37-38,40-41,45,47,64,68H,6-7,9,11-13,18-19,24,27,30,33,36,39,42-44,46,48-63H2,1-5H3/b10-8-,16-14-,17-15-,22-20-,23-21-,26-25-,29-28-,32-31-,35-34-,38-37-,41-40-,47-45-. The van der Waals surface area contributed by atoms with E-state index in [1.165, 1.54) is 44.9 Å². The van der Waals surface area contributed by atoms with Gasteiger partial charge in [-0.3, -0.25) is 9.59 Å². The van der Waals surface area contributed by atoms with Gasteiger partial charge in [0.25, 0.3) is 0 Å². The first-order valence-electron chi connectivity index (χ1n) is 30.0. The topological polar surface area (TPSA) is 111 Å². The predicted octanol–water partition coefficient (Wildman–Crippen LogP) is 16.7.